The second-order valence-corrected chi connectivity index (χ2v) is 12.0. The Morgan fingerprint density at radius 2 is 1.69 bits per heavy atom. The molecule has 1 aliphatic carbocycles. The van der Waals surface area contributed by atoms with E-state index in [-0.39, 0.29) is 17.2 Å². The SMILES string of the molecule is CCS(=O)(=O)c1ccc(CNC(=O)N2CC3(CCCC3)c3nc(-c4c(C)ncnc4C)ccc32)cc1. The van der Waals surface area contributed by atoms with E-state index in [1.54, 1.807) is 37.5 Å². The van der Waals surface area contributed by atoms with Gasteiger partial charge in [0.2, 0.25) is 0 Å². The van der Waals surface area contributed by atoms with Crippen LogP contribution in [0.2, 0.25) is 0 Å². The van der Waals surface area contributed by atoms with Crippen LogP contribution in [0.3, 0.4) is 0 Å². The van der Waals surface area contributed by atoms with Gasteiger partial charge in [0.25, 0.3) is 0 Å². The molecule has 2 amide bonds. The van der Waals surface area contributed by atoms with Crippen molar-refractivity contribution in [3.63, 3.8) is 0 Å². The molecule has 3 heterocycles. The number of fused-ring (bicyclic) bond motifs is 2. The summed E-state index contributed by atoms with van der Waals surface area (Å²) in [5, 5.41) is 3.01. The molecule has 1 N–H and O–H groups in total. The third-order valence-corrected chi connectivity index (χ3v) is 9.27. The van der Waals surface area contributed by atoms with Gasteiger partial charge >= 0.3 is 6.03 Å². The molecule has 8 nitrogen and oxygen atoms in total. The molecule has 0 bridgehead atoms. The highest BCUT2D eigenvalue weighted by Gasteiger charge is 2.47. The maximum atomic E-state index is 13.3. The lowest BCUT2D eigenvalue weighted by molar-refractivity contribution is 0.245. The van der Waals surface area contributed by atoms with Crippen LogP contribution >= 0.6 is 0 Å². The fourth-order valence-electron chi connectivity index (χ4n) is 5.51. The highest BCUT2D eigenvalue weighted by atomic mass is 32.2. The molecule has 36 heavy (non-hydrogen) atoms. The Labute approximate surface area is 212 Å². The molecule has 1 spiro atoms. The molecule has 5 rings (SSSR count). The topological polar surface area (TPSA) is 105 Å². The number of hydrogen-bond donors (Lipinski definition) is 1. The molecular weight excluding hydrogens is 474 g/mol. The molecule has 0 saturated heterocycles. The first-order valence-corrected chi connectivity index (χ1v) is 14.1. The first kappa shape index (κ1) is 24.4. The van der Waals surface area contributed by atoms with E-state index in [0.29, 0.717) is 18.0 Å². The van der Waals surface area contributed by atoms with Gasteiger partial charge in [0.15, 0.2) is 9.84 Å². The Balaban J connectivity index is 1.40. The number of nitrogens with zero attached hydrogens (tertiary/aromatic N) is 4. The number of benzene rings is 1. The minimum Gasteiger partial charge on any atom is -0.334 e. The maximum Gasteiger partial charge on any atom is 0.322 e. The summed E-state index contributed by atoms with van der Waals surface area (Å²) in [6.45, 7) is 6.49. The van der Waals surface area contributed by atoms with Crippen LogP contribution in [0.4, 0.5) is 10.5 Å². The highest BCUT2D eigenvalue weighted by Crippen LogP contribution is 2.50. The van der Waals surface area contributed by atoms with E-state index >= 15 is 0 Å². The molecule has 1 aromatic carbocycles. The number of nitrogens with one attached hydrogen (secondary N) is 1. The minimum absolute atomic E-state index is 0.0609. The standard InChI is InChI=1S/C27H31N5O3S/c1-4-36(34,35)21-9-7-20(8-10-21)15-28-26(33)32-16-27(13-5-6-14-27)25-23(32)12-11-22(31-25)24-18(2)29-17-30-19(24)3/h7-12,17H,4-6,13-16H2,1-3H3,(H,28,33). The Morgan fingerprint density at radius 1 is 1.03 bits per heavy atom. The van der Waals surface area contributed by atoms with Crippen molar-refractivity contribution in [2.75, 3.05) is 17.2 Å². The van der Waals surface area contributed by atoms with Crippen LogP contribution in [0.5, 0.6) is 0 Å². The number of amides is 2. The van der Waals surface area contributed by atoms with Gasteiger partial charge in [-0.15, -0.1) is 0 Å². The number of rotatable bonds is 5. The molecule has 188 valence electrons. The van der Waals surface area contributed by atoms with Crippen molar-refractivity contribution < 1.29 is 13.2 Å². The second kappa shape index (κ2) is 9.28. The second-order valence-electron chi connectivity index (χ2n) is 9.76. The summed E-state index contributed by atoms with van der Waals surface area (Å²) in [5.41, 5.74) is 6.14. The quantitative estimate of drug-likeness (QED) is 0.548. The third kappa shape index (κ3) is 4.25. The summed E-state index contributed by atoms with van der Waals surface area (Å²) >= 11 is 0. The molecule has 2 aromatic heterocycles. The van der Waals surface area contributed by atoms with E-state index in [0.717, 1.165) is 65.3 Å². The lowest BCUT2D eigenvalue weighted by atomic mass is 9.84. The van der Waals surface area contributed by atoms with Crippen LogP contribution in [0.1, 0.15) is 55.3 Å². The Bertz CT molecular complexity index is 1390. The molecule has 9 heteroatoms. The summed E-state index contributed by atoms with van der Waals surface area (Å²) in [7, 11) is -3.25. The van der Waals surface area contributed by atoms with E-state index < -0.39 is 9.84 Å². The number of anilines is 1. The van der Waals surface area contributed by atoms with Gasteiger partial charge in [-0.3, -0.25) is 4.90 Å². The molecule has 1 fully saturated rings. The number of hydrogen-bond acceptors (Lipinski definition) is 6. The first-order valence-electron chi connectivity index (χ1n) is 12.4. The largest absolute Gasteiger partial charge is 0.334 e. The van der Waals surface area contributed by atoms with Crippen molar-refractivity contribution >= 4 is 21.6 Å². The molecule has 0 atom stereocenters. The number of sulfone groups is 1. The summed E-state index contributed by atoms with van der Waals surface area (Å²) in [5.74, 6) is 0.0609. The molecule has 1 aliphatic heterocycles. The smallest absolute Gasteiger partial charge is 0.322 e. The maximum absolute atomic E-state index is 13.3. The van der Waals surface area contributed by atoms with Gasteiger partial charge in [-0.2, -0.15) is 0 Å². The van der Waals surface area contributed by atoms with Gasteiger partial charge in [0.05, 0.1) is 39.1 Å². The van der Waals surface area contributed by atoms with Crippen molar-refractivity contribution in [2.24, 2.45) is 0 Å². The average Bonchev–Trinajstić information content (AvgIpc) is 3.48. The fraction of sp³-hybridized carbons (Fsp3) is 0.407. The summed E-state index contributed by atoms with van der Waals surface area (Å²) in [6, 6.07) is 10.5. The van der Waals surface area contributed by atoms with Gasteiger partial charge in [0, 0.05) is 24.1 Å². The van der Waals surface area contributed by atoms with Crippen molar-refractivity contribution in [1.82, 2.24) is 20.3 Å². The number of carbonyl (C=O) groups is 1. The molecule has 0 radical (unpaired) electrons. The average molecular weight is 506 g/mol. The Kier molecular flexibility index (Phi) is 6.28. The van der Waals surface area contributed by atoms with Crippen LogP contribution in [0, 0.1) is 13.8 Å². The predicted octanol–water partition coefficient (Wildman–Crippen LogP) is 4.49. The van der Waals surface area contributed by atoms with Gasteiger partial charge in [-0.05, 0) is 56.5 Å². The zero-order valence-electron chi connectivity index (χ0n) is 20.9. The molecule has 3 aromatic rings. The number of urea groups is 1. The number of aromatic nitrogens is 3. The van der Waals surface area contributed by atoms with Crippen LogP contribution in [0.15, 0.2) is 47.6 Å². The van der Waals surface area contributed by atoms with Crippen LogP contribution in [0.25, 0.3) is 11.3 Å². The van der Waals surface area contributed by atoms with Gasteiger partial charge in [-0.25, -0.2) is 28.2 Å². The zero-order chi connectivity index (χ0) is 25.5. The Hall–Kier alpha value is -3.33. The van der Waals surface area contributed by atoms with Gasteiger partial charge in [-0.1, -0.05) is 31.9 Å². The van der Waals surface area contributed by atoms with E-state index in [9.17, 15) is 13.2 Å². The van der Waals surface area contributed by atoms with E-state index in [1.165, 1.54) is 0 Å². The van der Waals surface area contributed by atoms with Crippen LogP contribution < -0.4 is 10.2 Å². The first-order chi connectivity index (χ1) is 17.2. The number of pyridine rings is 1. The van der Waals surface area contributed by atoms with Gasteiger partial charge in [0.1, 0.15) is 6.33 Å². The normalized spacial score (nSPS) is 16.4. The lowest BCUT2D eigenvalue weighted by Crippen LogP contribution is -2.41. The minimum atomic E-state index is -3.25. The van der Waals surface area contributed by atoms with Crippen molar-refractivity contribution in [2.45, 2.75) is 63.3 Å². The summed E-state index contributed by atoms with van der Waals surface area (Å²) < 4.78 is 24.1. The Morgan fingerprint density at radius 3 is 2.33 bits per heavy atom. The summed E-state index contributed by atoms with van der Waals surface area (Å²) in [4.78, 5) is 29.3. The van der Waals surface area contributed by atoms with Crippen molar-refractivity contribution in [3.05, 3.63) is 65.4 Å². The van der Waals surface area contributed by atoms with Crippen molar-refractivity contribution in [1.29, 1.82) is 0 Å². The number of aryl methyl sites for hydroxylation is 2. The third-order valence-electron chi connectivity index (χ3n) is 7.52. The molecular formula is C27H31N5O3S. The van der Waals surface area contributed by atoms with E-state index in [2.05, 4.69) is 15.3 Å². The van der Waals surface area contributed by atoms with E-state index in [1.807, 2.05) is 30.9 Å². The highest BCUT2D eigenvalue weighted by molar-refractivity contribution is 7.91. The molecule has 2 aliphatic rings. The van der Waals surface area contributed by atoms with Crippen LogP contribution in [-0.4, -0.2) is 41.7 Å². The zero-order valence-corrected chi connectivity index (χ0v) is 21.7. The number of carbonyl (C=O) groups excluding carboxylic acids is 1. The fourth-order valence-corrected chi connectivity index (χ4v) is 6.39. The van der Waals surface area contributed by atoms with Crippen LogP contribution in [-0.2, 0) is 21.8 Å². The monoisotopic (exact) mass is 505 g/mol. The van der Waals surface area contributed by atoms with Gasteiger partial charge < -0.3 is 5.32 Å². The summed E-state index contributed by atoms with van der Waals surface area (Å²) in [6.07, 6.45) is 5.84. The lowest BCUT2D eigenvalue weighted by Gasteiger charge is -2.24. The molecule has 0 unspecified atom stereocenters. The van der Waals surface area contributed by atoms with Crippen molar-refractivity contribution in [3.8, 4) is 11.3 Å². The predicted molar refractivity (Wildman–Crippen MR) is 139 cm³/mol. The molecule has 1 saturated carbocycles. The van der Waals surface area contributed by atoms with E-state index in [4.69, 9.17) is 4.98 Å².